The van der Waals surface area contributed by atoms with E-state index < -0.39 is 21.5 Å². The summed E-state index contributed by atoms with van der Waals surface area (Å²) in [6.45, 7) is 1.38. The summed E-state index contributed by atoms with van der Waals surface area (Å²) in [6, 6.07) is 8.78. The number of aliphatic hydroxyl groups is 1. The van der Waals surface area contributed by atoms with Crippen molar-refractivity contribution < 1.29 is 22.3 Å². The van der Waals surface area contributed by atoms with Gasteiger partial charge in [0.1, 0.15) is 5.60 Å². The Labute approximate surface area is 136 Å². The van der Waals surface area contributed by atoms with Gasteiger partial charge in [-0.05, 0) is 31.2 Å². The van der Waals surface area contributed by atoms with Crippen LogP contribution in [0.3, 0.4) is 0 Å². The van der Waals surface area contributed by atoms with Gasteiger partial charge in [0.05, 0.1) is 5.75 Å². The normalized spacial score (nSPS) is 21.7. The summed E-state index contributed by atoms with van der Waals surface area (Å²) < 4.78 is 52.9. The maximum absolute atomic E-state index is 13.1. The van der Waals surface area contributed by atoms with Crippen LogP contribution in [0.2, 0.25) is 0 Å². The van der Waals surface area contributed by atoms with Gasteiger partial charge in [-0.2, -0.15) is 0 Å². The Balaban J connectivity index is 1.89. The predicted molar refractivity (Wildman–Crippen MR) is 84.7 cm³/mol. The molecule has 0 aromatic heterocycles. The number of nitrogens with one attached hydrogen (secondary N) is 1. The lowest BCUT2D eigenvalue weighted by atomic mass is 9.88. The number of sulfonamides is 1. The Morgan fingerprint density at radius 3 is 2.39 bits per heavy atom. The van der Waals surface area contributed by atoms with E-state index in [0.717, 1.165) is 0 Å². The minimum absolute atomic E-state index is 0.151. The molecular formula is C16H23F2NO3S. The van der Waals surface area contributed by atoms with Gasteiger partial charge in [-0.15, -0.1) is 0 Å². The SMILES string of the molecule is C[C@](O)(CNS(=O)(=O)CC1CCC(F)(F)CC1)c1ccccc1. The summed E-state index contributed by atoms with van der Waals surface area (Å²) in [5.74, 6) is -3.09. The van der Waals surface area contributed by atoms with Crippen LogP contribution in [0.5, 0.6) is 0 Å². The van der Waals surface area contributed by atoms with Gasteiger partial charge >= 0.3 is 0 Å². The predicted octanol–water partition coefficient (Wildman–Crippen LogP) is 2.64. The first-order valence-corrected chi connectivity index (χ1v) is 9.38. The molecule has 1 aromatic rings. The second kappa shape index (κ2) is 6.83. The van der Waals surface area contributed by atoms with Crippen LogP contribution in [0.4, 0.5) is 8.78 Å². The molecule has 1 saturated carbocycles. The lowest BCUT2D eigenvalue weighted by Crippen LogP contribution is -2.41. The summed E-state index contributed by atoms with van der Waals surface area (Å²) in [5, 5.41) is 10.4. The third-order valence-electron chi connectivity index (χ3n) is 4.32. The van der Waals surface area contributed by atoms with Crippen molar-refractivity contribution in [2.24, 2.45) is 5.92 Å². The first-order chi connectivity index (χ1) is 10.6. The quantitative estimate of drug-likeness (QED) is 0.831. The van der Waals surface area contributed by atoms with Gasteiger partial charge in [-0.25, -0.2) is 21.9 Å². The van der Waals surface area contributed by atoms with Gasteiger partial charge in [0.25, 0.3) is 0 Å². The van der Waals surface area contributed by atoms with Crippen LogP contribution in [0.15, 0.2) is 30.3 Å². The van der Waals surface area contributed by atoms with E-state index in [-0.39, 0.29) is 43.9 Å². The topological polar surface area (TPSA) is 66.4 Å². The Morgan fingerprint density at radius 2 is 1.83 bits per heavy atom. The summed E-state index contributed by atoms with van der Waals surface area (Å²) in [6.07, 6.45) is -0.0875. The molecule has 1 aliphatic carbocycles. The minimum atomic E-state index is -3.61. The Kier molecular flexibility index (Phi) is 5.43. The van der Waals surface area contributed by atoms with Crippen LogP contribution >= 0.6 is 0 Å². The molecule has 1 fully saturated rings. The van der Waals surface area contributed by atoms with Crippen molar-refractivity contribution in [3.63, 3.8) is 0 Å². The second-order valence-corrected chi connectivity index (χ2v) is 8.39. The minimum Gasteiger partial charge on any atom is -0.384 e. The van der Waals surface area contributed by atoms with Crippen LogP contribution in [0.25, 0.3) is 0 Å². The molecule has 0 amide bonds. The second-order valence-electron chi connectivity index (χ2n) is 6.54. The van der Waals surface area contributed by atoms with E-state index in [1.807, 2.05) is 6.07 Å². The highest BCUT2D eigenvalue weighted by atomic mass is 32.2. The number of halogens is 2. The Hall–Kier alpha value is -1.05. The molecule has 1 atom stereocenters. The van der Waals surface area contributed by atoms with Crippen molar-refractivity contribution in [1.29, 1.82) is 0 Å². The smallest absolute Gasteiger partial charge is 0.248 e. The van der Waals surface area contributed by atoms with Crippen LogP contribution in [-0.2, 0) is 15.6 Å². The molecule has 2 N–H and O–H groups in total. The maximum Gasteiger partial charge on any atom is 0.248 e. The van der Waals surface area contributed by atoms with Crippen molar-refractivity contribution in [2.75, 3.05) is 12.3 Å². The molecule has 0 heterocycles. The molecule has 0 radical (unpaired) electrons. The molecule has 1 aromatic carbocycles. The zero-order valence-electron chi connectivity index (χ0n) is 13.1. The standard InChI is InChI=1S/C16H23F2NO3S/c1-15(20,14-5-3-2-4-6-14)12-19-23(21,22)11-13-7-9-16(17,18)10-8-13/h2-6,13,19-20H,7-12H2,1H3/t15-/m0/s1. The molecule has 23 heavy (non-hydrogen) atoms. The fraction of sp³-hybridized carbons (Fsp3) is 0.625. The Morgan fingerprint density at radius 1 is 1.26 bits per heavy atom. The van der Waals surface area contributed by atoms with Crippen LogP contribution in [0, 0.1) is 5.92 Å². The lowest BCUT2D eigenvalue weighted by molar-refractivity contribution is -0.0435. The average Bonchev–Trinajstić information content (AvgIpc) is 2.49. The van der Waals surface area contributed by atoms with Gasteiger partial charge in [-0.1, -0.05) is 30.3 Å². The zero-order valence-corrected chi connectivity index (χ0v) is 14.0. The largest absolute Gasteiger partial charge is 0.384 e. The summed E-state index contributed by atoms with van der Waals surface area (Å²) >= 11 is 0. The fourth-order valence-corrected chi connectivity index (χ4v) is 4.36. The molecule has 2 rings (SSSR count). The number of hydrogen-bond acceptors (Lipinski definition) is 3. The number of hydrogen-bond donors (Lipinski definition) is 2. The van der Waals surface area contributed by atoms with Crippen LogP contribution < -0.4 is 4.72 Å². The molecule has 4 nitrogen and oxygen atoms in total. The number of benzene rings is 1. The lowest BCUT2D eigenvalue weighted by Gasteiger charge is -2.29. The maximum atomic E-state index is 13.1. The van der Waals surface area contributed by atoms with E-state index in [0.29, 0.717) is 5.56 Å². The van der Waals surface area contributed by atoms with E-state index in [1.54, 1.807) is 24.3 Å². The van der Waals surface area contributed by atoms with Crippen molar-refractivity contribution in [1.82, 2.24) is 4.72 Å². The van der Waals surface area contributed by atoms with Crippen molar-refractivity contribution >= 4 is 10.0 Å². The zero-order chi connectivity index (χ0) is 17.1. The third-order valence-corrected chi connectivity index (χ3v) is 5.82. The molecule has 0 spiro atoms. The Bertz CT molecular complexity index is 607. The highest BCUT2D eigenvalue weighted by molar-refractivity contribution is 7.89. The van der Waals surface area contributed by atoms with Crippen molar-refractivity contribution in [3.8, 4) is 0 Å². The molecule has 0 bridgehead atoms. The van der Waals surface area contributed by atoms with Gasteiger partial charge < -0.3 is 5.11 Å². The van der Waals surface area contributed by atoms with Crippen molar-refractivity contribution in [3.05, 3.63) is 35.9 Å². The monoisotopic (exact) mass is 347 g/mol. The molecule has 0 aliphatic heterocycles. The average molecular weight is 347 g/mol. The van der Waals surface area contributed by atoms with E-state index in [9.17, 15) is 22.3 Å². The molecule has 130 valence electrons. The fourth-order valence-electron chi connectivity index (χ4n) is 2.79. The van der Waals surface area contributed by atoms with E-state index in [1.165, 1.54) is 6.92 Å². The highest BCUT2D eigenvalue weighted by Crippen LogP contribution is 2.36. The van der Waals surface area contributed by atoms with E-state index >= 15 is 0 Å². The molecular weight excluding hydrogens is 324 g/mol. The van der Waals surface area contributed by atoms with E-state index in [2.05, 4.69) is 4.72 Å². The van der Waals surface area contributed by atoms with Crippen LogP contribution in [0.1, 0.15) is 38.2 Å². The molecule has 0 unspecified atom stereocenters. The molecule has 7 heteroatoms. The van der Waals surface area contributed by atoms with Gasteiger partial charge in [0, 0.05) is 19.4 Å². The van der Waals surface area contributed by atoms with Gasteiger partial charge in [0.2, 0.25) is 15.9 Å². The summed E-state index contributed by atoms with van der Waals surface area (Å²) in [5.41, 5.74) is -0.714. The first-order valence-electron chi connectivity index (χ1n) is 7.73. The third kappa shape index (κ3) is 5.51. The van der Waals surface area contributed by atoms with Crippen LogP contribution in [-0.4, -0.2) is 31.7 Å². The van der Waals surface area contributed by atoms with E-state index in [4.69, 9.17) is 0 Å². The summed E-state index contributed by atoms with van der Waals surface area (Å²) in [4.78, 5) is 0. The molecule has 1 aliphatic rings. The van der Waals surface area contributed by atoms with Gasteiger partial charge in [0.15, 0.2) is 0 Å². The van der Waals surface area contributed by atoms with Gasteiger partial charge in [-0.3, -0.25) is 0 Å². The summed E-state index contributed by atoms with van der Waals surface area (Å²) in [7, 11) is -3.61. The van der Waals surface area contributed by atoms with Crippen molar-refractivity contribution in [2.45, 2.75) is 44.1 Å². The number of rotatable bonds is 6. The highest BCUT2D eigenvalue weighted by Gasteiger charge is 2.36. The molecule has 0 saturated heterocycles. The first kappa shape index (κ1) is 18.3. The number of alkyl halides is 2.